The lowest BCUT2D eigenvalue weighted by atomic mass is 9.96. The second-order valence-corrected chi connectivity index (χ2v) is 6.48. The Morgan fingerprint density at radius 2 is 1.83 bits per heavy atom. The van der Waals surface area contributed by atoms with Crippen LogP contribution in [-0.2, 0) is 0 Å². The molecule has 0 saturated carbocycles. The van der Waals surface area contributed by atoms with Crippen LogP contribution in [0.2, 0.25) is 0 Å². The van der Waals surface area contributed by atoms with E-state index < -0.39 is 5.60 Å². The van der Waals surface area contributed by atoms with Crippen molar-refractivity contribution < 1.29 is 5.11 Å². The largest absolute Gasteiger partial charge is 0.388 e. The maximum absolute atomic E-state index is 10.2. The van der Waals surface area contributed by atoms with Gasteiger partial charge in [-0.05, 0) is 19.8 Å². The standard InChI is InChI=1S/C9H18OS2/c1-4-8(3,10)9(5-2)11-6-7-12-9/h10H,4-7H2,1-3H3. The average molecular weight is 206 g/mol. The molecule has 1 rings (SSSR count). The van der Waals surface area contributed by atoms with Crippen LogP contribution >= 0.6 is 23.5 Å². The van der Waals surface area contributed by atoms with Crippen molar-refractivity contribution in [2.45, 2.75) is 43.3 Å². The average Bonchev–Trinajstić information content (AvgIpc) is 2.53. The van der Waals surface area contributed by atoms with E-state index in [1.165, 1.54) is 11.5 Å². The molecule has 1 nitrogen and oxygen atoms in total. The zero-order valence-electron chi connectivity index (χ0n) is 8.09. The second kappa shape index (κ2) is 3.81. The highest BCUT2D eigenvalue weighted by molar-refractivity contribution is 8.21. The summed E-state index contributed by atoms with van der Waals surface area (Å²) in [7, 11) is 0. The van der Waals surface area contributed by atoms with Crippen LogP contribution in [0.1, 0.15) is 33.6 Å². The molecule has 1 aliphatic heterocycles. The van der Waals surface area contributed by atoms with Crippen molar-refractivity contribution in [1.29, 1.82) is 0 Å². The molecule has 0 amide bonds. The minimum absolute atomic E-state index is 0.0712. The molecule has 1 fully saturated rings. The monoisotopic (exact) mass is 206 g/mol. The molecule has 72 valence electrons. The van der Waals surface area contributed by atoms with Crippen LogP contribution in [0.5, 0.6) is 0 Å². The lowest BCUT2D eigenvalue weighted by Gasteiger charge is -2.40. The fourth-order valence-electron chi connectivity index (χ4n) is 1.62. The fourth-order valence-corrected chi connectivity index (χ4v) is 5.10. The predicted octanol–water partition coefficient (Wildman–Crippen LogP) is 2.73. The van der Waals surface area contributed by atoms with Crippen LogP contribution in [0.4, 0.5) is 0 Å². The third kappa shape index (κ3) is 1.64. The molecule has 1 unspecified atom stereocenters. The van der Waals surface area contributed by atoms with E-state index in [4.69, 9.17) is 0 Å². The van der Waals surface area contributed by atoms with Gasteiger partial charge in [0.1, 0.15) is 0 Å². The van der Waals surface area contributed by atoms with Crippen LogP contribution in [-0.4, -0.2) is 26.3 Å². The molecule has 0 spiro atoms. The van der Waals surface area contributed by atoms with Crippen LogP contribution in [0, 0.1) is 0 Å². The Bertz CT molecular complexity index is 151. The number of hydrogen-bond donors (Lipinski definition) is 1. The second-order valence-electron chi connectivity index (χ2n) is 3.43. The molecular formula is C9H18OS2. The Morgan fingerprint density at radius 3 is 2.17 bits per heavy atom. The summed E-state index contributed by atoms with van der Waals surface area (Å²) in [5.41, 5.74) is -0.506. The van der Waals surface area contributed by atoms with E-state index in [-0.39, 0.29) is 4.08 Å². The van der Waals surface area contributed by atoms with Crippen molar-refractivity contribution >= 4 is 23.5 Å². The first-order chi connectivity index (χ1) is 5.58. The molecule has 0 aliphatic carbocycles. The summed E-state index contributed by atoms with van der Waals surface area (Å²) >= 11 is 3.87. The van der Waals surface area contributed by atoms with Crippen LogP contribution < -0.4 is 0 Å². The first-order valence-corrected chi connectivity index (χ1v) is 6.55. The Balaban J connectivity index is 2.78. The van der Waals surface area contributed by atoms with Gasteiger partial charge in [-0.3, -0.25) is 0 Å². The summed E-state index contributed by atoms with van der Waals surface area (Å²) in [6.07, 6.45) is 1.91. The Kier molecular flexibility index (Phi) is 3.41. The van der Waals surface area contributed by atoms with Crippen molar-refractivity contribution in [2.75, 3.05) is 11.5 Å². The summed E-state index contributed by atoms with van der Waals surface area (Å²) in [5, 5.41) is 10.2. The van der Waals surface area contributed by atoms with Gasteiger partial charge in [-0.1, -0.05) is 13.8 Å². The zero-order valence-corrected chi connectivity index (χ0v) is 9.73. The minimum Gasteiger partial charge on any atom is -0.388 e. The summed E-state index contributed by atoms with van der Waals surface area (Å²) < 4.78 is 0.0712. The van der Waals surface area contributed by atoms with Gasteiger partial charge in [0.05, 0.1) is 9.68 Å². The summed E-state index contributed by atoms with van der Waals surface area (Å²) in [4.78, 5) is 0. The number of aliphatic hydroxyl groups is 1. The maximum Gasteiger partial charge on any atom is 0.0891 e. The molecule has 1 aliphatic rings. The van der Waals surface area contributed by atoms with E-state index in [0.29, 0.717) is 0 Å². The number of hydrogen-bond acceptors (Lipinski definition) is 3. The van der Waals surface area contributed by atoms with E-state index in [1.807, 2.05) is 30.4 Å². The van der Waals surface area contributed by atoms with Gasteiger partial charge in [-0.2, -0.15) is 0 Å². The third-order valence-corrected chi connectivity index (χ3v) is 6.90. The molecule has 0 radical (unpaired) electrons. The molecular weight excluding hydrogens is 188 g/mol. The molecule has 1 heterocycles. The molecule has 12 heavy (non-hydrogen) atoms. The molecule has 1 atom stereocenters. The van der Waals surface area contributed by atoms with Gasteiger partial charge < -0.3 is 5.11 Å². The van der Waals surface area contributed by atoms with Crippen LogP contribution in [0.15, 0.2) is 0 Å². The van der Waals surface area contributed by atoms with E-state index in [1.54, 1.807) is 0 Å². The van der Waals surface area contributed by atoms with Gasteiger partial charge in [-0.15, -0.1) is 23.5 Å². The van der Waals surface area contributed by atoms with Gasteiger partial charge in [0.15, 0.2) is 0 Å². The van der Waals surface area contributed by atoms with Gasteiger partial charge in [-0.25, -0.2) is 0 Å². The molecule has 1 N–H and O–H groups in total. The fraction of sp³-hybridized carbons (Fsp3) is 1.00. The summed E-state index contributed by atoms with van der Waals surface area (Å²) in [6.45, 7) is 6.22. The van der Waals surface area contributed by atoms with Gasteiger partial charge in [0, 0.05) is 11.5 Å². The van der Waals surface area contributed by atoms with Crippen LogP contribution in [0.25, 0.3) is 0 Å². The topological polar surface area (TPSA) is 20.2 Å². The highest BCUT2D eigenvalue weighted by Crippen LogP contribution is 2.53. The van der Waals surface area contributed by atoms with Gasteiger partial charge >= 0.3 is 0 Å². The normalized spacial score (nSPS) is 27.0. The number of rotatable bonds is 3. The SMILES string of the molecule is CCC(C)(O)C1(CC)SCCS1. The molecule has 0 aromatic rings. The Labute approximate surface area is 83.7 Å². The molecule has 3 heteroatoms. The molecule has 0 aromatic heterocycles. The van der Waals surface area contributed by atoms with Crippen molar-refractivity contribution in [2.24, 2.45) is 0 Å². The Hall–Kier alpha value is 0.660. The van der Waals surface area contributed by atoms with Gasteiger partial charge in [0.25, 0.3) is 0 Å². The van der Waals surface area contributed by atoms with Crippen molar-refractivity contribution in [3.05, 3.63) is 0 Å². The molecule has 1 saturated heterocycles. The van der Waals surface area contributed by atoms with E-state index >= 15 is 0 Å². The van der Waals surface area contributed by atoms with Crippen molar-refractivity contribution in [3.8, 4) is 0 Å². The molecule has 0 bridgehead atoms. The quantitative estimate of drug-likeness (QED) is 0.767. The highest BCUT2D eigenvalue weighted by Gasteiger charge is 2.47. The first-order valence-electron chi connectivity index (χ1n) is 4.58. The molecule has 0 aromatic carbocycles. The van der Waals surface area contributed by atoms with Crippen molar-refractivity contribution in [3.63, 3.8) is 0 Å². The lowest BCUT2D eigenvalue weighted by Crippen LogP contribution is -2.44. The van der Waals surface area contributed by atoms with Crippen molar-refractivity contribution in [1.82, 2.24) is 0 Å². The predicted molar refractivity (Wildman–Crippen MR) is 58.9 cm³/mol. The van der Waals surface area contributed by atoms with E-state index in [0.717, 1.165) is 12.8 Å². The third-order valence-electron chi connectivity index (χ3n) is 2.73. The minimum atomic E-state index is -0.506. The smallest absolute Gasteiger partial charge is 0.0891 e. The van der Waals surface area contributed by atoms with Crippen LogP contribution in [0.3, 0.4) is 0 Å². The van der Waals surface area contributed by atoms with E-state index in [9.17, 15) is 5.11 Å². The highest BCUT2D eigenvalue weighted by atomic mass is 32.2. The number of thioether (sulfide) groups is 2. The maximum atomic E-state index is 10.2. The summed E-state index contributed by atoms with van der Waals surface area (Å²) in [6, 6.07) is 0. The first kappa shape index (κ1) is 10.7. The lowest BCUT2D eigenvalue weighted by molar-refractivity contribution is 0.0426. The van der Waals surface area contributed by atoms with Gasteiger partial charge in [0.2, 0.25) is 0 Å². The zero-order chi connectivity index (χ0) is 9.24. The van der Waals surface area contributed by atoms with E-state index in [2.05, 4.69) is 13.8 Å². The Morgan fingerprint density at radius 1 is 1.33 bits per heavy atom. The summed E-state index contributed by atoms with van der Waals surface area (Å²) in [5.74, 6) is 2.38.